The predicted molar refractivity (Wildman–Crippen MR) is 139 cm³/mol. The maximum absolute atomic E-state index is 12.4. The molecule has 2 aromatic heterocycles. The molecule has 36 heavy (non-hydrogen) atoms. The van der Waals surface area contributed by atoms with Gasteiger partial charge in [-0.3, -0.25) is 4.79 Å². The first kappa shape index (κ1) is 22.9. The number of aromatic hydroxyl groups is 1. The molecule has 0 saturated heterocycles. The molecule has 2 heterocycles. The lowest BCUT2D eigenvalue weighted by Crippen LogP contribution is -2.21. The zero-order chi connectivity index (χ0) is 25.4. The number of hydrogen-bond donors (Lipinski definition) is 3. The van der Waals surface area contributed by atoms with E-state index in [1.54, 1.807) is 38.4 Å². The number of fused-ring (bicyclic) bond motifs is 2. The number of esters is 1. The lowest BCUT2D eigenvalue weighted by Gasteiger charge is -2.08. The number of benzene rings is 3. The van der Waals surface area contributed by atoms with Crippen molar-refractivity contribution in [3.63, 3.8) is 0 Å². The fourth-order valence-electron chi connectivity index (χ4n) is 4.20. The third-order valence-electron chi connectivity index (χ3n) is 5.97. The number of aliphatic imine (C=N–C) groups is 1. The summed E-state index contributed by atoms with van der Waals surface area (Å²) in [6, 6.07) is 22.0. The van der Waals surface area contributed by atoms with Crippen LogP contribution in [0.1, 0.15) is 32.0 Å². The zero-order valence-electron chi connectivity index (χ0n) is 20.0. The summed E-state index contributed by atoms with van der Waals surface area (Å²) in [4.78, 5) is 36.9. The van der Waals surface area contributed by atoms with Crippen LogP contribution in [0.5, 0.6) is 5.88 Å². The number of aromatic nitrogens is 2. The van der Waals surface area contributed by atoms with E-state index in [-0.39, 0.29) is 11.8 Å². The molecule has 5 aromatic rings. The Bertz CT molecular complexity index is 1640. The molecule has 3 N–H and O–H groups in total. The summed E-state index contributed by atoms with van der Waals surface area (Å²) in [5.41, 5.74) is 4.82. The van der Waals surface area contributed by atoms with E-state index in [4.69, 9.17) is 9.73 Å². The van der Waals surface area contributed by atoms with Crippen LogP contribution in [-0.4, -0.2) is 58.8 Å². The second kappa shape index (κ2) is 9.07. The van der Waals surface area contributed by atoms with E-state index < -0.39 is 5.97 Å². The Labute approximate surface area is 206 Å². The maximum Gasteiger partial charge on any atom is 0.337 e. The highest BCUT2D eigenvalue weighted by Crippen LogP contribution is 2.33. The summed E-state index contributed by atoms with van der Waals surface area (Å²) in [7, 11) is 4.74. The van der Waals surface area contributed by atoms with Crippen LogP contribution in [0.3, 0.4) is 0 Å². The van der Waals surface area contributed by atoms with E-state index in [0.29, 0.717) is 39.1 Å². The van der Waals surface area contributed by atoms with Gasteiger partial charge in [-0.1, -0.05) is 36.4 Å². The van der Waals surface area contributed by atoms with Crippen molar-refractivity contribution in [3.8, 4) is 5.88 Å². The molecule has 0 aliphatic rings. The van der Waals surface area contributed by atoms with Gasteiger partial charge < -0.3 is 24.7 Å². The summed E-state index contributed by atoms with van der Waals surface area (Å²) < 4.78 is 4.82. The third kappa shape index (κ3) is 4.09. The van der Waals surface area contributed by atoms with Crippen LogP contribution in [0.4, 0.5) is 5.69 Å². The highest BCUT2D eigenvalue weighted by molar-refractivity contribution is 6.22. The number of rotatable bonds is 5. The van der Waals surface area contributed by atoms with Crippen molar-refractivity contribution in [2.24, 2.45) is 4.99 Å². The largest absolute Gasteiger partial charge is 0.494 e. The van der Waals surface area contributed by atoms with E-state index in [1.165, 1.54) is 12.0 Å². The minimum atomic E-state index is -0.462. The number of amides is 1. The third-order valence-corrected chi connectivity index (χ3v) is 5.97. The summed E-state index contributed by atoms with van der Waals surface area (Å²) in [5.74, 6) is -0.635. The van der Waals surface area contributed by atoms with E-state index in [2.05, 4.69) is 9.97 Å². The van der Waals surface area contributed by atoms with E-state index >= 15 is 0 Å². The normalized spacial score (nSPS) is 11.7. The van der Waals surface area contributed by atoms with Gasteiger partial charge in [0.05, 0.1) is 29.6 Å². The fourth-order valence-corrected chi connectivity index (χ4v) is 4.20. The molecule has 0 saturated carbocycles. The minimum Gasteiger partial charge on any atom is -0.494 e. The molecule has 0 spiro atoms. The lowest BCUT2D eigenvalue weighted by molar-refractivity contribution is 0.0600. The molecule has 0 bridgehead atoms. The molecule has 1 amide bonds. The Kier molecular flexibility index (Phi) is 5.77. The molecule has 0 aliphatic heterocycles. The number of carbonyl (C=O) groups excluding carboxylic acids is 2. The second-order valence-electron chi connectivity index (χ2n) is 8.58. The molecule has 0 radical (unpaired) electrons. The van der Waals surface area contributed by atoms with Crippen molar-refractivity contribution in [1.82, 2.24) is 14.9 Å². The van der Waals surface area contributed by atoms with Gasteiger partial charge in [0.25, 0.3) is 5.91 Å². The average molecular weight is 481 g/mol. The average Bonchev–Trinajstić information content (AvgIpc) is 3.46. The Morgan fingerprint density at radius 3 is 2.39 bits per heavy atom. The van der Waals surface area contributed by atoms with Crippen LogP contribution >= 0.6 is 0 Å². The Morgan fingerprint density at radius 1 is 0.889 bits per heavy atom. The molecule has 0 aliphatic carbocycles. The van der Waals surface area contributed by atoms with Crippen LogP contribution in [0.25, 0.3) is 21.8 Å². The first-order valence-corrected chi connectivity index (χ1v) is 11.3. The molecule has 8 nitrogen and oxygen atoms in total. The first-order chi connectivity index (χ1) is 17.4. The van der Waals surface area contributed by atoms with Crippen LogP contribution in [0.15, 0.2) is 77.8 Å². The molecule has 3 aromatic carbocycles. The van der Waals surface area contributed by atoms with Gasteiger partial charge in [-0.05, 0) is 36.4 Å². The van der Waals surface area contributed by atoms with Gasteiger partial charge in [-0.25, -0.2) is 9.79 Å². The molecular weight excluding hydrogens is 456 g/mol. The summed E-state index contributed by atoms with van der Waals surface area (Å²) in [5, 5.41) is 12.5. The number of methoxy groups -OCH3 is 1. The quantitative estimate of drug-likeness (QED) is 0.242. The molecule has 0 atom stereocenters. The summed E-state index contributed by atoms with van der Waals surface area (Å²) in [6.45, 7) is 0. The smallest absolute Gasteiger partial charge is 0.337 e. The Morgan fingerprint density at radius 2 is 1.67 bits per heavy atom. The summed E-state index contributed by atoms with van der Waals surface area (Å²) in [6.07, 6.45) is 0. The monoisotopic (exact) mass is 480 g/mol. The van der Waals surface area contributed by atoms with Crippen LogP contribution < -0.4 is 0 Å². The van der Waals surface area contributed by atoms with Crippen LogP contribution in [0, 0.1) is 0 Å². The van der Waals surface area contributed by atoms with Crippen molar-refractivity contribution in [1.29, 1.82) is 0 Å². The van der Waals surface area contributed by atoms with E-state index in [0.717, 1.165) is 16.5 Å². The fraction of sp³-hybridized carbons (Fsp3) is 0.107. The molecule has 0 fully saturated rings. The Balaban J connectivity index is 1.67. The zero-order valence-corrected chi connectivity index (χ0v) is 20.0. The van der Waals surface area contributed by atoms with Gasteiger partial charge in [0.1, 0.15) is 5.69 Å². The predicted octanol–water partition coefficient (Wildman–Crippen LogP) is 5.01. The number of nitrogens with one attached hydrogen (secondary N) is 2. The standard InChI is InChI=1S/C28H24N4O4/c1-32(2)27(34)23-15-18-13-19(10-12-21(18)30-23)29-25(16-7-5-4-6-8-16)24-20-11-9-17(28(35)36-3)14-22(20)31-26(24)33/h4-15,30-31,33H,1-3H3. The topological polar surface area (TPSA) is 111 Å². The molecule has 5 rings (SSSR count). The van der Waals surface area contributed by atoms with Gasteiger partial charge in [-0.15, -0.1) is 0 Å². The number of carbonyl (C=O) groups is 2. The van der Waals surface area contributed by atoms with E-state index in [9.17, 15) is 14.7 Å². The highest BCUT2D eigenvalue weighted by Gasteiger charge is 2.20. The maximum atomic E-state index is 12.4. The molecule has 180 valence electrons. The Hall–Kier alpha value is -4.85. The number of nitrogens with zero attached hydrogens (tertiary/aromatic N) is 2. The number of hydrogen-bond acceptors (Lipinski definition) is 5. The highest BCUT2D eigenvalue weighted by atomic mass is 16.5. The number of H-pyrrole nitrogens is 2. The molecular formula is C28H24N4O4. The van der Waals surface area contributed by atoms with Gasteiger partial charge in [0.2, 0.25) is 0 Å². The van der Waals surface area contributed by atoms with Gasteiger partial charge in [-0.2, -0.15) is 0 Å². The van der Waals surface area contributed by atoms with Crippen LogP contribution in [-0.2, 0) is 4.74 Å². The van der Waals surface area contributed by atoms with Crippen molar-refractivity contribution >= 4 is 45.1 Å². The number of aromatic amines is 2. The summed E-state index contributed by atoms with van der Waals surface area (Å²) >= 11 is 0. The van der Waals surface area contributed by atoms with Crippen molar-refractivity contribution < 1.29 is 19.4 Å². The first-order valence-electron chi connectivity index (χ1n) is 11.3. The molecule has 0 unspecified atom stereocenters. The second-order valence-corrected chi connectivity index (χ2v) is 8.58. The number of ether oxygens (including phenoxy) is 1. The van der Waals surface area contributed by atoms with Gasteiger partial charge in [0.15, 0.2) is 5.88 Å². The lowest BCUT2D eigenvalue weighted by atomic mass is 10.00. The van der Waals surface area contributed by atoms with E-state index in [1.807, 2.05) is 48.5 Å². The van der Waals surface area contributed by atoms with Crippen molar-refractivity contribution in [2.45, 2.75) is 0 Å². The SMILES string of the molecule is COC(=O)c1ccc2c(C(=Nc3ccc4[nH]c(C(=O)N(C)C)cc4c3)c3ccccc3)c(O)[nH]c2c1. The van der Waals surface area contributed by atoms with Crippen molar-refractivity contribution in [2.75, 3.05) is 21.2 Å². The minimum absolute atomic E-state index is 0.0591. The van der Waals surface area contributed by atoms with Gasteiger partial charge in [0, 0.05) is 41.5 Å². The van der Waals surface area contributed by atoms with Gasteiger partial charge >= 0.3 is 5.97 Å². The molecule has 8 heteroatoms. The van der Waals surface area contributed by atoms with Crippen molar-refractivity contribution in [3.05, 3.63) is 95.2 Å². The van der Waals surface area contributed by atoms with Crippen LogP contribution in [0.2, 0.25) is 0 Å².